The third kappa shape index (κ3) is 5.01. The summed E-state index contributed by atoms with van der Waals surface area (Å²) in [5.41, 5.74) is 0.529. The summed E-state index contributed by atoms with van der Waals surface area (Å²) in [6.45, 7) is 3.12. The first-order valence-electron chi connectivity index (χ1n) is 10.8. The zero-order valence-electron chi connectivity index (χ0n) is 16.8. The number of halogens is 2. The van der Waals surface area contributed by atoms with E-state index < -0.39 is 11.6 Å². The summed E-state index contributed by atoms with van der Waals surface area (Å²) in [5.74, 6) is -0.158. The van der Waals surface area contributed by atoms with Gasteiger partial charge in [-0.15, -0.1) is 0 Å². The highest BCUT2D eigenvalue weighted by Gasteiger charge is 2.37. The maximum absolute atomic E-state index is 14.5. The molecule has 2 fully saturated rings. The standard InChI is InChI=1S/C23H34F2O2/c1-3-4-5-6-13-27-19-10-9-16-14-18(8-7-17(16)15-19)20-11-12-21(26-2)23(25)22(20)24/h11-12,16-19H,3-10,13-15H2,1-2H3. The number of rotatable bonds is 8. The van der Waals surface area contributed by atoms with E-state index in [9.17, 15) is 8.78 Å². The predicted octanol–water partition coefficient (Wildman–Crippen LogP) is 6.62. The minimum atomic E-state index is -0.850. The van der Waals surface area contributed by atoms with Crippen LogP contribution < -0.4 is 4.74 Å². The first-order valence-corrected chi connectivity index (χ1v) is 10.8. The van der Waals surface area contributed by atoms with Gasteiger partial charge in [0.25, 0.3) is 0 Å². The highest BCUT2D eigenvalue weighted by Crippen LogP contribution is 2.47. The van der Waals surface area contributed by atoms with Crippen molar-refractivity contribution in [3.8, 4) is 5.75 Å². The van der Waals surface area contributed by atoms with Crippen LogP contribution in [-0.4, -0.2) is 19.8 Å². The van der Waals surface area contributed by atoms with Gasteiger partial charge in [0, 0.05) is 6.61 Å². The Bertz CT molecular complexity index is 604. The third-order valence-corrected chi connectivity index (χ3v) is 6.65. The van der Waals surface area contributed by atoms with E-state index in [2.05, 4.69) is 6.92 Å². The molecule has 27 heavy (non-hydrogen) atoms. The zero-order valence-corrected chi connectivity index (χ0v) is 16.8. The van der Waals surface area contributed by atoms with E-state index in [0.29, 0.717) is 23.5 Å². The first kappa shape index (κ1) is 20.6. The molecule has 0 bridgehead atoms. The quantitative estimate of drug-likeness (QED) is 0.472. The molecule has 0 heterocycles. The van der Waals surface area contributed by atoms with Crippen LogP contribution >= 0.6 is 0 Å². The Morgan fingerprint density at radius 1 is 0.926 bits per heavy atom. The van der Waals surface area contributed by atoms with Gasteiger partial charge >= 0.3 is 0 Å². The monoisotopic (exact) mass is 380 g/mol. The molecule has 2 nitrogen and oxygen atoms in total. The van der Waals surface area contributed by atoms with E-state index in [1.54, 1.807) is 12.1 Å². The van der Waals surface area contributed by atoms with Crippen LogP contribution in [0.2, 0.25) is 0 Å². The van der Waals surface area contributed by atoms with Crippen LogP contribution in [0.1, 0.15) is 82.6 Å². The summed E-state index contributed by atoms with van der Waals surface area (Å²) in [7, 11) is 1.37. The van der Waals surface area contributed by atoms with Gasteiger partial charge in [-0.05, 0) is 74.3 Å². The molecule has 2 aliphatic carbocycles. The lowest BCUT2D eigenvalue weighted by molar-refractivity contribution is -0.0164. The van der Waals surface area contributed by atoms with Crippen molar-refractivity contribution in [2.24, 2.45) is 11.8 Å². The second kappa shape index (κ2) is 9.86. The molecule has 152 valence electrons. The van der Waals surface area contributed by atoms with E-state index in [1.165, 1.54) is 32.8 Å². The Hall–Kier alpha value is -1.16. The van der Waals surface area contributed by atoms with Gasteiger partial charge in [-0.3, -0.25) is 0 Å². The van der Waals surface area contributed by atoms with Gasteiger partial charge in [-0.25, -0.2) is 4.39 Å². The fourth-order valence-electron chi connectivity index (χ4n) is 5.08. The molecule has 1 aromatic carbocycles. The topological polar surface area (TPSA) is 18.5 Å². The number of unbranched alkanes of at least 4 members (excludes halogenated alkanes) is 3. The van der Waals surface area contributed by atoms with Crippen molar-refractivity contribution < 1.29 is 18.3 Å². The van der Waals surface area contributed by atoms with Crippen LogP contribution in [0.4, 0.5) is 8.78 Å². The molecule has 0 radical (unpaired) electrons. The van der Waals surface area contributed by atoms with Crippen molar-refractivity contribution in [3.05, 3.63) is 29.3 Å². The molecular weight excluding hydrogens is 346 g/mol. The van der Waals surface area contributed by atoms with Crippen LogP contribution in [0.15, 0.2) is 12.1 Å². The predicted molar refractivity (Wildman–Crippen MR) is 104 cm³/mol. The molecule has 0 saturated heterocycles. The van der Waals surface area contributed by atoms with Crippen LogP contribution in [0.5, 0.6) is 5.75 Å². The second-order valence-corrected chi connectivity index (χ2v) is 8.38. The summed E-state index contributed by atoms with van der Waals surface area (Å²) < 4.78 is 39.6. The zero-order chi connectivity index (χ0) is 19.2. The average molecular weight is 381 g/mol. The van der Waals surface area contributed by atoms with Crippen LogP contribution in [0.25, 0.3) is 0 Å². The van der Waals surface area contributed by atoms with Crippen molar-refractivity contribution in [1.29, 1.82) is 0 Å². The third-order valence-electron chi connectivity index (χ3n) is 6.65. The first-order chi connectivity index (χ1) is 13.1. The SMILES string of the molecule is CCCCCCOC1CCC2CC(c3ccc(OC)c(F)c3F)CCC2C1. The fraction of sp³-hybridized carbons (Fsp3) is 0.739. The van der Waals surface area contributed by atoms with E-state index in [0.717, 1.165) is 45.1 Å². The number of ether oxygens (including phenoxy) is 2. The molecule has 2 aliphatic rings. The van der Waals surface area contributed by atoms with Crippen molar-refractivity contribution in [2.75, 3.05) is 13.7 Å². The number of fused-ring (bicyclic) bond motifs is 1. The molecule has 0 spiro atoms. The highest BCUT2D eigenvalue weighted by molar-refractivity contribution is 5.33. The van der Waals surface area contributed by atoms with Crippen molar-refractivity contribution in [2.45, 2.75) is 83.2 Å². The van der Waals surface area contributed by atoms with Gasteiger partial charge < -0.3 is 9.47 Å². The van der Waals surface area contributed by atoms with Gasteiger partial charge in [0.15, 0.2) is 11.6 Å². The molecule has 4 unspecified atom stereocenters. The summed E-state index contributed by atoms with van der Waals surface area (Å²) in [6, 6.07) is 3.27. The van der Waals surface area contributed by atoms with Crippen LogP contribution in [0, 0.1) is 23.5 Å². The highest BCUT2D eigenvalue weighted by atomic mass is 19.2. The Kier molecular flexibility index (Phi) is 7.51. The summed E-state index contributed by atoms with van der Waals surface area (Å²) >= 11 is 0. The van der Waals surface area contributed by atoms with Crippen molar-refractivity contribution >= 4 is 0 Å². The van der Waals surface area contributed by atoms with Crippen LogP contribution in [-0.2, 0) is 4.74 Å². The molecular formula is C23H34F2O2. The average Bonchev–Trinajstić information content (AvgIpc) is 2.69. The Morgan fingerprint density at radius 3 is 2.48 bits per heavy atom. The lowest BCUT2D eigenvalue weighted by Gasteiger charge is -2.42. The summed E-state index contributed by atoms with van der Waals surface area (Å²) in [4.78, 5) is 0. The Labute approximate surface area is 162 Å². The fourth-order valence-corrected chi connectivity index (χ4v) is 5.08. The number of benzene rings is 1. The van der Waals surface area contributed by atoms with E-state index >= 15 is 0 Å². The smallest absolute Gasteiger partial charge is 0.200 e. The largest absolute Gasteiger partial charge is 0.494 e. The van der Waals surface area contributed by atoms with Gasteiger partial charge in [0.2, 0.25) is 5.82 Å². The van der Waals surface area contributed by atoms with Crippen LogP contribution in [0.3, 0.4) is 0 Å². The van der Waals surface area contributed by atoms with E-state index in [1.807, 2.05) is 0 Å². The summed E-state index contributed by atoms with van der Waals surface area (Å²) in [6.07, 6.45) is 11.8. The van der Waals surface area contributed by atoms with Gasteiger partial charge in [0.1, 0.15) is 0 Å². The minimum absolute atomic E-state index is 0.0125. The second-order valence-electron chi connectivity index (χ2n) is 8.38. The number of hydrogen-bond donors (Lipinski definition) is 0. The summed E-state index contributed by atoms with van der Waals surface area (Å²) in [5, 5.41) is 0. The maximum Gasteiger partial charge on any atom is 0.200 e. The molecule has 0 amide bonds. The Balaban J connectivity index is 1.51. The Morgan fingerprint density at radius 2 is 1.70 bits per heavy atom. The number of hydrogen-bond acceptors (Lipinski definition) is 2. The van der Waals surface area contributed by atoms with E-state index in [-0.39, 0.29) is 11.7 Å². The van der Waals surface area contributed by atoms with Gasteiger partial charge in [0.05, 0.1) is 13.2 Å². The molecule has 3 rings (SSSR count). The normalized spacial score (nSPS) is 28.0. The molecule has 1 aromatic rings. The van der Waals surface area contributed by atoms with Crippen molar-refractivity contribution in [3.63, 3.8) is 0 Å². The van der Waals surface area contributed by atoms with E-state index in [4.69, 9.17) is 9.47 Å². The minimum Gasteiger partial charge on any atom is -0.494 e. The van der Waals surface area contributed by atoms with Gasteiger partial charge in [-0.1, -0.05) is 32.3 Å². The molecule has 0 aromatic heterocycles. The molecule has 4 heteroatoms. The molecule has 4 atom stereocenters. The molecule has 0 N–H and O–H groups in total. The lowest BCUT2D eigenvalue weighted by Crippen LogP contribution is -2.34. The van der Waals surface area contributed by atoms with Crippen molar-refractivity contribution in [1.82, 2.24) is 0 Å². The lowest BCUT2D eigenvalue weighted by atomic mass is 9.65. The molecule has 0 aliphatic heterocycles. The number of methoxy groups -OCH3 is 1. The maximum atomic E-state index is 14.5. The molecule has 2 saturated carbocycles. The van der Waals surface area contributed by atoms with Gasteiger partial charge in [-0.2, -0.15) is 4.39 Å².